The molecule has 0 amide bonds. The van der Waals surface area contributed by atoms with Gasteiger partial charge in [0.25, 0.3) is 0 Å². The third-order valence-corrected chi connectivity index (χ3v) is 3.57. The molecule has 104 valence electrons. The molecule has 0 aliphatic rings. The van der Waals surface area contributed by atoms with E-state index >= 15 is 0 Å². The average Bonchev–Trinajstić information content (AvgIpc) is 2.38. The molecule has 0 saturated carbocycles. The quantitative estimate of drug-likeness (QED) is 0.522. The van der Waals surface area contributed by atoms with Gasteiger partial charge in [0, 0.05) is 6.54 Å². The van der Waals surface area contributed by atoms with E-state index in [4.69, 9.17) is 0 Å². The number of allylic oxidation sites excluding steroid dienone is 4. The highest BCUT2D eigenvalue weighted by atomic mass is 15.1. The molecular formula is C17H31N. The molecule has 0 unspecified atom stereocenters. The number of unbranched alkanes of at least 4 members (excludes halogenated alkanes) is 1. The maximum Gasteiger partial charge on any atom is 0.00215 e. The van der Waals surface area contributed by atoms with Crippen molar-refractivity contribution in [1.82, 2.24) is 4.90 Å². The van der Waals surface area contributed by atoms with Crippen molar-refractivity contribution in [1.29, 1.82) is 0 Å². The van der Waals surface area contributed by atoms with Crippen LogP contribution in [0.2, 0.25) is 0 Å². The van der Waals surface area contributed by atoms with Crippen molar-refractivity contribution >= 4 is 0 Å². The minimum Gasteiger partial charge on any atom is -0.304 e. The Hall–Kier alpha value is -0.820. The van der Waals surface area contributed by atoms with Gasteiger partial charge >= 0.3 is 0 Å². The van der Waals surface area contributed by atoms with E-state index in [0.717, 1.165) is 32.5 Å². The van der Waals surface area contributed by atoms with Gasteiger partial charge in [0.1, 0.15) is 0 Å². The first-order chi connectivity index (χ1) is 8.56. The molecule has 0 radical (unpaired) electrons. The minimum atomic E-state index is 1.08. The summed E-state index contributed by atoms with van der Waals surface area (Å²) in [7, 11) is 0. The number of rotatable bonds is 9. The summed E-state index contributed by atoms with van der Waals surface area (Å²) in [5.41, 5.74) is 3.99. The zero-order chi connectivity index (χ0) is 14.0. The molecule has 0 bridgehead atoms. The summed E-state index contributed by atoms with van der Waals surface area (Å²) >= 11 is 0. The third-order valence-electron chi connectivity index (χ3n) is 3.57. The van der Waals surface area contributed by atoms with Crippen LogP contribution in [0.25, 0.3) is 0 Å². The van der Waals surface area contributed by atoms with E-state index in [2.05, 4.69) is 58.2 Å². The molecule has 0 heterocycles. The maximum atomic E-state index is 4.23. The van der Waals surface area contributed by atoms with Gasteiger partial charge in [-0.1, -0.05) is 51.5 Å². The lowest BCUT2D eigenvalue weighted by Gasteiger charge is -2.19. The first-order valence-corrected chi connectivity index (χ1v) is 7.31. The smallest absolute Gasteiger partial charge is 0.00215 e. The van der Waals surface area contributed by atoms with Crippen molar-refractivity contribution in [3.05, 3.63) is 35.5 Å². The second-order valence-corrected chi connectivity index (χ2v) is 4.88. The number of hydrogen-bond acceptors (Lipinski definition) is 1. The highest BCUT2D eigenvalue weighted by Crippen LogP contribution is 2.17. The largest absolute Gasteiger partial charge is 0.304 e. The lowest BCUT2D eigenvalue weighted by Crippen LogP contribution is -2.24. The molecule has 0 saturated heterocycles. The van der Waals surface area contributed by atoms with Crippen molar-refractivity contribution in [2.75, 3.05) is 19.6 Å². The van der Waals surface area contributed by atoms with E-state index in [0.29, 0.717) is 0 Å². The third kappa shape index (κ3) is 6.80. The summed E-state index contributed by atoms with van der Waals surface area (Å²) in [5, 5.41) is 0. The van der Waals surface area contributed by atoms with Crippen molar-refractivity contribution < 1.29 is 0 Å². The molecule has 0 aromatic heterocycles. The van der Waals surface area contributed by atoms with E-state index in [9.17, 15) is 0 Å². The van der Waals surface area contributed by atoms with Crippen molar-refractivity contribution in [3.63, 3.8) is 0 Å². The normalized spacial score (nSPS) is 13.2. The van der Waals surface area contributed by atoms with Gasteiger partial charge in [-0.05, 0) is 50.9 Å². The molecule has 0 aliphatic carbocycles. The summed E-state index contributed by atoms with van der Waals surface area (Å²) in [6.07, 6.45) is 7.95. The summed E-state index contributed by atoms with van der Waals surface area (Å²) in [5.74, 6) is 0. The van der Waals surface area contributed by atoms with Crippen LogP contribution in [0.5, 0.6) is 0 Å². The van der Waals surface area contributed by atoms with Crippen LogP contribution in [0.15, 0.2) is 35.5 Å². The lowest BCUT2D eigenvalue weighted by molar-refractivity contribution is 0.308. The zero-order valence-corrected chi connectivity index (χ0v) is 13.1. The monoisotopic (exact) mass is 249 g/mol. The van der Waals surface area contributed by atoms with Crippen molar-refractivity contribution in [2.45, 2.75) is 53.9 Å². The van der Waals surface area contributed by atoms with Crippen LogP contribution < -0.4 is 0 Å². The standard InChI is InChI=1S/C17H31N/c1-7-10-11-12-15(4)17(6)16(5)13-14-18(8-2)9-3/h11-12H,5,7-10,13-14H2,1-4,6H3/b12-11-,17-15-. The first kappa shape index (κ1) is 17.2. The molecule has 0 atom stereocenters. The Morgan fingerprint density at radius 1 is 1.11 bits per heavy atom. The SMILES string of the molecule is C=C(CCN(CC)CC)/C(C)=C(C)\C=C/CCC. The fraction of sp³-hybridized carbons (Fsp3) is 0.647. The minimum absolute atomic E-state index is 1.08. The predicted molar refractivity (Wildman–Crippen MR) is 84.0 cm³/mol. The Kier molecular flexibility index (Phi) is 9.67. The number of nitrogens with zero attached hydrogens (tertiary/aromatic N) is 1. The van der Waals surface area contributed by atoms with Gasteiger partial charge in [-0.25, -0.2) is 0 Å². The average molecular weight is 249 g/mol. The Morgan fingerprint density at radius 3 is 2.22 bits per heavy atom. The fourth-order valence-electron chi connectivity index (χ4n) is 1.85. The van der Waals surface area contributed by atoms with Gasteiger partial charge in [-0.15, -0.1) is 0 Å². The Labute approximate surface area is 114 Å². The lowest BCUT2D eigenvalue weighted by atomic mass is 10.0. The molecule has 0 aromatic rings. The Bertz CT molecular complexity index is 293. The van der Waals surface area contributed by atoms with Crippen molar-refractivity contribution in [3.8, 4) is 0 Å². The second kappa shape index (κ2) is 10.1. The highest BCUT2D eigenvalue weighted by molar-refractivity contribution is 5.36. The molecule has 0 aromatic carbocycles. The van der Waals surface area contributed by atoms with Crippen LogP contribution in [0.4, 0.5) is 0 Å². The molecule has 1 heteroatoms. The van der Waals surface area contributed by atoms with Crippen LogP contribution in [-0.2, 0) is 0 Å². The zero-order valence-electron chi connectivity index (χ0n) is 13.1. The van der Waals surface area contributed by atoms with Crippen LogP contribution in [-0.4, -0.2) is 24.5 Å². The molecule has 0 N–H and O–H groups in total. The van der Waals surface area contributed by atoms with Gasteiger partial charge in [0.15, 0.2) is 0 Å². The number of hydrogen-bond donors (Lipinski definition) is 0. The topological polar surface area (TPSA) is 3.24 Å². The Morgan fingerprint density at radius 2 is 1.72 bits per heavy atom. The summed E-state index contributed by atoms with van der Waals surface area (Å²) in [6.45, 7) is 18.6. The van der Waals surface area contributed by atoms with Gasteiger partial charge < -0.3 is 4.90 Å². The summed E-state index contributed by atoms with van der Waals surface area (Å²) in [4.78, 5) is 2.45. The molecule has 0 spiro atoms. The summed E-state index contributed by atoms with van der Waals surface area (Å²) in [6, 6.07) is 0. The van der Waals surface area contributed by atoms with E-state index in [1.807, 2.05) is 0 Å². The van der Waals surface area contributed by atoms with Crippen LogP contribution in [0.1, 0.15) is 53.9 Å². The molecule has 1 nitrogen and oxygen atoms in total. The van der Waals surface area contributed by atoms with Gasteiger partial charge in [-0.3, -0.25) is 0 Å². The van der Waals surface area contributed by atoms with Crippen molar-refractivity contribution in [2.24, 2.45) is 0 Å². The van der Waals surface area contributed by atoms with Gasteiger partial charge in [0.05, 0.1) is 0 Å². The molecule has 0 aliphatic heterocycles. The van der Waals surface area contributed by atoms with E-state index in [-0.39, 0.29) is 0 Å². The maximum absolute atomic E-state index is 4.23. The molecule has 0 fully saturated rings. The summed E-state index contributed by atoms with van der Waals surface area (Å²) < 4.78 is 0. The molecular weight excluding hydrogens is 218 g/mol. The van der Waals surface area contributed by atoms with Gasteiger partial charge in [-0.2, -0.15) is 0 Å². The van der Waals surface area contributed by atoms with Crippen LogP contribution in [0, 0.1) is 0 Å². The predicted octanol–water partition coefficient (Wildman–Crippen LogP) is 4.97. The highest BCUT2D eigenvalue weighted by Gasteiger charge is 2.03. The van der Waals surface area contributed by atoms with Crippen LogP contribution in [0.3, 0.4) is 0 Å². The molecule has 0 rings (SSSR count). The fourth-order valence-corrected chi connectivity index (χ4v) is 1.85. The van der Waals surface area contributed by atoms with E-state index in [1.165, 1.54) is 23.1 Å². The first-order valence-electron chi connectivity index (χ1n) is 7.31. The Balaban J connectivity index is 4.35. The van der Waals surface area contributed by atoms with E-state index < -0.39 is 0 Å². The molecule has 18 heavy (non-hydrogen) atoms. The second-order valence-electron chi connectivity index (χ2n) is 4.88. The van der Waals surface area contributed by atoms with E-state index in [1.54, 1.807) is 0 Å². The van der Waals surface area contributed by atoms with Gasteiger partial charge in [0.2, 0.25) is 0 Å². The van der Waals surface area contributed by atoms with Crippen LogP contribution >= 0.6 is 0 Å².